The van der Waals surface area contributed by atoms with Crippen molar-refractivity contribution in [2.45, 2.75) is 31.7 Å². The molecule has 0 fully saturated rings. The smallest absolute Gasteiger partial charge is 0.277 e. The van der Waals surface area contributed by atoms with Gasteiger partial charge in [-0.15, -0.1) is 10.2 Å². The van der Waals surface area contributed by atoms with Gasteiger partial charge >= 0.3 is 0 Å². The maximum absolute atomic E-state index is 12.1. The number of amides is 1. The summed E-state index contributed by atoms with van der Waals surface area (Å²) in [4.78, 5) is 12.1. The number of thioether (sulfide) groups is 1. The van der Waals surface area contributed by atoms with E-state index in [1.807, 2.05) is 50.2 Å². The summed E-state index contributed by atoms with van der Waals surface area (Å²) in [7, 11) is 0. The Kier molecular flexibility index (Phi) is 6.95. The van der Waals surface area contributed by atoms with Crippen LogP contribution in [0.1, 0.15) is 30.0 Å². The number of aromatic nitrogens is 2. The predicted octanol–water partition coefficient (Wildman–Crippen LogP) is 4.58. The van der Waals surface area contributed by atoms with Crippen LogP contribution in [-0.4, -0.2) is 21.9 Å². The lowest BCUT2D eigenvalue weighted by atomic mass is 10.1. The summed E-state index contributed by atoms with van der Waals surface area (Å²) in [6.45, 7) is 4.09. The van der Waals surface area contributed by atoms with Crippen LogP contribution in [0.25, 0.3) is 0 Å². The van der Waals surface area contributed by atoms with Gasteiger partial charge in [-0.3, -0.25) is 4.79 Å². The average molecular weight is 418 g/mol. The maximum atomic E-state index is 12.1. The number of ether oxygens (including phenoxy) is 1. The van der Waals surface area contributed by atoms with Gasteiger partial charge in [0.1, 0.15) is 5.75 Å². The molecule has 0 aliphatic carbocycles. The van der Waals surface area contributed by atoms with Crippen LogP contribution in [0.15, 0.2) is 58.2 Å². The molecule has 0 aliphatic heterocycles. The molecule has 6 nitrogen and oxygen atoms in total. The summed E-state index contributed by atoms with van der Waals surface area (Å²) < 4.78 is 11.1. The van der Waals surface area contributed by atoms with Crippen LogP contribution in [0, 0.1) is 6.92 Å². The Morgan fingerprint density at radius 1 is 1.25 bits per heavy atom. The van der Waals surface area contributed by atoms with Gasteiger partial charge in [-0.1, -0.05) is 47.6 Å². The molecule has 28 heavy (non-hydrogen) atoms. The first-order valence-electron chi connectivity index (χ1n) is 8.69. The van der Waals surface area contributed by atoms with Crippen LogP contribution < -0.4 is 10.1 Å². The fourth-order valence-electron chi connectivity index (χ4n) is 2.45. The highest BCUT2D eigenvalue weighted by molar-refractivity contribution is 7.99. The normalized spacial score (nSPS) is 11.8. The van der Waals surface area contributed by atoms with Crippen molar-refractivity contribution in [1.29, 1.82) is 0 Å². The Bertz CT molecular complexity index is 930. The minimum absolute atomic E-state index is 0.119. The topological polar surface area (TPSA) is 77.2 Å². The zero-order valence-electron chi connectivity index (χ0n) is 15.5. The molecule has 3 rings (SSSR count). The molecule has 0 radical (unpaired) electrons. The van der Waals surface area contributed by atoms with Gasteiger partial charge in [0.05, 0.1) is 11.8 Å². The maximum Gasteiger partial charge on any atom is 0.277 e. The number of hydrogen-bond donors (Lipinski definition) is 1. The Morgan fingerprint density at radius 2 is 2.04 bits per heavy atom. The monoisotopic (exact) mass is 417 g/mol. The molecular formula is C20H20ClN3O3S. The highest BCUT2D eigenvalue weighted by Crippen LogP contribution is 2.19. The van der Waals surface area contributed by atoms with Crippen LogP contribution in [0.3, 0.4) is 0 Å². The van der Waals surface area contributed by atoms with Gasteiger partial charge in [-0.2, -0.15) is 0 Å². The number of carbonyl (C=O) groups excluding carboxylic acids is 1. The number of rotatable bonds is 8. The van der Waals surface area contributed by atoms with Crippen LogP contribution in [0.4, 0.5) is 0 Å². The highest BCUT2D eigenvalue weighted by Gasteiger charge is 2.13. The first-order valence-corrected chi connectivity index (χ1v) is 10.1. The van der Waals surface area contributed by atoms with Gasteiger partial charge < -0.3 is 14.5 Å². The standard InChI is InChI=1S/C20H20ClN3O3S/c1-13-4-3-5-17(10-13)26-11-19-23-24-20(27-19)28-12-18(25)22-14(2)15-6-8-16(21)9-7-15/h3-10,14H,11-12H2,1-2H3,(H,22,25). The number of halogens is 1. The van der Waals surface area contributed by atoms with Gasteiger partial charge in [0.2, 0.25) is 5.91 Å². The summed E-state index contributed by atoms with van der Waals surface area (Å²) in [5.41, 5.74) is 2.09. The lowest BCUT2D eigenvalue weighted by Gasteiger charge is -2.13. The molecule has 1 heterocycles. The summed E-state index contributed by atoms with van der Waals surface area (Å²) in [6, 6.07) is 15.0. The molecule has 3 aromatic rings. The van der Waals surface area contributed by atoms with Crippen molar-refractivity contribution < 1.29 is 13.9 Å². The van der Waals surface area contributed by atoms with Crippen LogP contribution in [0.5, 0.6) is 5.75 Å². The van der Waals surface area contributed by atoms with Crippen molar-refractivity contribution in [3.8, 4) is 5.75 Å². The minimum Gasteiger partial charge on any atom is -0.484 e. The first-order chi connectivity index (χ1) is 13.5. The van der Waals surface area contributed by atoms with E-state index in [-0.39, 0.29) is 24.3 Å². The van der Waals surface area contributed by atoms with Crippen LogP contribution in [0.2, 0.25) is 5.02 Å². The van der Waals surface area contributed by atoms with E-state index in [2.05, 4.69) is 15.5 Å². The third kappa shape index (κ3) is 6.00. The van der Waals surface area contributed by atoms with E-state index >= 15 is 0 Å². The molecule has 1 atom stereocenters. The Labute approximate surface area is 172 Å². The molecule has 0 saturated heterocycles. The first kappa shape index (κ1) is 20.2. The Morgan fingerprint density at radius 3 is 2.79 bits per heavy atom. The van der Waals surface area contributed by atoms with E-state index in [9.17, 15) is 4.79 Å². The Hall–Kier alpha value is -2.51. The van der Waals surface area contributed by atoms with Crippen molar-refractivity contribution in [2.24, 2.45) is 0 Å². The second-order valence-electron chi connectivity index (χ2n) is 6.20. The van der Waals surface area contributed by atoms with Gasteiger partial charge in [-0.05, 0) is 49.2 Å². The molecule has 8 heteroatoms. The van der Waals surface area contributed by atoms with E-state index < -0.39 is 0 Å². The summed E-state index contributed by atoms with van der Waals surface area (Å²) in [5, 5.41) is 11.8. The Balaban J connectivity index is 1.44. The lowest BCUT2D eigenvalue weighted by molar-refractivity contribution is -0.119. The zero-order valence-corrected chi connectivity index (χ0v) is 17.1. The van der Waals surface area contributed by atoms with Crippen LogP contribution >= 0.6 is 23.4 Å². The van der Waals surface area contributed by atoms with Crippen LogP contribution in [-0.2, 0) is 11.4 Å². The molecule has 2 aromatic carbocycles. The third-order valence-electron chi connectivity index (χ3n) is 3.87. The van der Waals surface area contributed by atoms with Gasteiger partial charge in [0.15, 0.2) is 6.61 Å². The molecule has 1 amide bonds. The second kappa shape index (κ2) is 9.61. The van der Waals surface area contributed by atoms with Crippen molar-refractivity contribution in [3.63, 3.8) is 0 Å². The molecular weight excluding hydrogens is 398 g/mol. The SMILES string of the molecule is Cc1cccc(OCc2nnc(SCC(=O)NC(C)c3ccc(Cl)cc3)o2)c1. The molecule has 1 aromatic heterocycles. The number of hydrogen-bond acceptors (Lipinski definition) is 6. The molecule has 146 valence electrons. The van der Waals surface area contributed by atoms with Gasteiger partial charge in [-0.25, -0.2) is 0 Å². The van der Waals surface area contributed by atoms with Crippen molar-refractivity contribution in [1.82, 2.24) is 15.5 Å². The van der Waals surface area contributed by atoms with E-state index in [0.717, 1.165) is 16.9 Å². The van der Waals surface area contributed by atoms with Gasteiger partial charge in [0.25, 0.3) is 11.1 Å². The summed E-state index contributed by atoms with van der Waals surface area (Å²) in [5.74, 6) is 1.16. The lowest BCUT2D eigenvalue weighted by Crippen LogP contribution is -2.28. The van der Waals surface area contributed by atoms with E-state index in [0.29, 0.717) is 16.1 Å². The summed E-state index contributed by atoms with van der Waals surface area (Å²) >= 11 is 7.07. The minimum atomic E-state index is -0.122. The highest BCUT2D eigenvalue weighted by atomic mass is 35.5. The van der Waals surface area contributed by atoms with E-state index in [1.54, 1.807) is 12.1 Å². The van der Waals surface area contributed by atoms with E-state index in [1.165, 1.54) is 11.8 Å². The fourth-order valence-corrected chi connectivity index (χ4v) is 3.17. The second-order valence-corrected chi connectivity index (χ2v) is 7.56. The van der Waals surface area contributed by atoms with Crippen molar-refractivity contribution in [2.75, 3.05) is 5.75 Å². The van der Waals surface area contributed by atoms with Gasteiger partial charge in [0, 0.05) is 5.02 Å². The average Bonchev–Trinajstić information content (AvgIpc) is 3.13. The molecule has 0 bridgehead atoms. The fraction of sp³-hybridized carbons (Fsp3) is 0.250. The predicted molar refractivity (Wildman–Crippen MR) is 109 cm³/mol. The molecule has 0 saturated carbocycles. The number of nitrogens with one attached hydrogen (secondary N) is 1. The number of carbonyl (C=O) groups is 1. The molecule has 0 spiro atoms. The molecule has 1 N–H and O–H groups in total. The molecule has 0 aliphatic rings. The number of nitrogens with zero attached hydrogens (tertiary/aromatic N) is 2. The third-order valence-corrected chi connectivity index (χ3v) is 4.94. The van der Waals surface area contributed by atoms with Crippen molar-refractivity contribution >= 4 is 29.3 Å². The van der Waals surface area contributed by atoms with Crippen molar-refractivity contribution in [3.05, 3.63) is 70.6 Å². The summed E-state index contributed by atoms with van der Waals surface area (Å²) in [6.07, 6.45) is 0. The number of aryl methyl sites for hydroxylation is 1. The van der Waals surface area contributed by atoms with E-state index in [4.69, 9.17) is 20.8 Å². The largest absolute Gasteiger partial charge is 0.484 e. The zero-order chi connectivity index (χ0) is 19.9. The molecule has 1 unspecified atom stereocenters. The quantitative estimate of drug-likeness (QED) is 0.540. The number of benzene rings is 2.